The molecule has 0 aliphatic heterocycles. The standard InChI is InChI=1S/C46H35N3O2Si/c1-52(2,3)41-17-13-30(14-18-41)31-7-4-8-32(25-31)33-9-5-10-34(26-33)35-11-6-12-38(27-35)44-47-45(39-15-19-42-36(28-39)21-23-50-42)49-46(48-44)40-16-20-43-37(29-40)22-24-51-43/h4-29H,1-3H3. The highest BCUT2D eigenvalue weighted by Gasteiger charge is 2.17. The van der Waals surface area contributed by atoms with Crippen molar-refractivity contribution in [2.24, 2.45) is 0 Å². The third-order valence-electron chi connectivity index (χ3n) is 9.65. The summed E-state index contributed by atoms with van der Waals surface area (Å²) in [5, 5.41) is 3.46. The zero-order valence-electron chi connectivity index (χ0n) is 29.2. The molecule has 0 fully saturated rings. The van der Waals surface area contributed by atoms with Crippen molar-refractivity contribution >= 4 is 35.2 Å². The van der Waals surface area contributed by atoms with Crippen molar-refractivity contribution in [1.29, 1.82) is 0 Å². The first-order chi connectivity index (χ1) is 25.3. The maximum Gasteiger partial charge on any atom is 0.164 e. The quantitative estimate of drug-likeness (QED) is 0.156. The van der Waals surface area contributed by atoms with Gasteiger partial charge in [0.2, 0.25) is 0 Å². The van der Waals surface area contributed by atoms with Crippen LogP contribution in [-0.4, -0.2) is 23.0 Å². The monoisotopic (exact) mass is 689 g/mol. The number of aromatic nitrogens is 3. The molecule has 0 amide bonds. The van der Waals surface area contributed by atoms with Crippen LogP contribution < -0.4 is 5.19 Å². The Bertz CT molecular complexity index is 2640. The molecule has 5 nitrogen and oxygen atoms in total. The lowest BCUT2D eigenvalue weighted by Gasteiger charge is -2.17. The number of hydrogen-bond donors (Lipinski definition) is 0. The molecule has 52 heavy (non-hydrogen) atoms. The van der Waals surface area contributed by atoms with Gasteiger partial charge in [-0.2, -0.15) is 0 Å². The summed E-state index contributed by atoms with van der Waals surface area (Å²) in [4.78, 5) is 15.0. The molecule has 0 N–H and O–H groups in total. The first-order valence-electron chi connectivity index (χ1n) is 17.5. The van der Waals surface area contributed by atoms with E-state index in [4.69, 9.17) is 23.8 Å². The summed E-state index contributed by atoms with van der Waals surface area (Å²) in [7, 11) is -1.35. The van der Waals surface area contributed by atoms with Gasteiger partial charge in [-0.25, -0.2) is 15.0 Å². The van der Waals surface area contributed by atoms with Crippen molar-refractivity contribution < 1.29 is 8.83 Å². The van der Waals surface area contributed by atoms with Crippen LogP contribution in [0.3, 0.4) is 0 Å². The number of furan rings is 2. The van der Waals surface area contributed by atoms with Crippen molar-refractivity contribution in [3.05, 3.63) is 158 Å². The fourth-order valence-corrected chi connectivity index (χ4v) is 7.90. The van der Waals surface area contributed by atoms with Crippen LogP contribution in [0.15, 0.2) is 167 Å². The zero-order chi connectivity index (χ0) is 35.2. The first kappa shape index (κ1) is 31.6. The summed E-state index contributed by atoms with van der Waals surface area (Å²) in [6.07, 6.45) is 3.39. The largest absolute Gasteiger partial charge is 0.464 e. The molecule has 9 aromatic rings. The molecule has 0 unspecified atom stereocenters. The van der Waals surface area contributed by atoms with E-state index in [9.17, 15) is 0 Å². The lowest BCUT2D eigenvalue weighted by atomic mass is 9.95. The van der Waals surface area contributed by atoms with Gasteiger partial charge in [-0.3, -0.25) is 0 Å². The summed E-state index contributed by atoms with van der Waals surface area (Å²) in [5.74, 6) is 1.79. The van der Waals surface area contributed by atoms with Crippen LogP contribution in [0.2, 0.25) is 19.6 Å². The molecule has 6 heteroatoms. The molecule has 3 aromatic heterocycles. The third-order valence-corrected chi connectivity index (χ3v) is 11.7. The normalized spacial score (nSPS) is 11.8. The molecule has 6 aromatic carbocycles. The highest BCUT2D eigenvalue weighted by atomic mass is 28.3. The predicted molar refractivity (Wildman–Crippen MR) is 215 cm³/mol. The van der Waals surface area contributed by atoms with Crippen molar-refractivity contribution in [2.75, 3.05) is 0 Å². The molecule has 0 radical (unpaired) electrons. The second-order valence-corrected chi connectivity index (χ2v) is 19.3. The number of hydrogen-bond acceptors (Lipinski definition) is 5. The fraction of sp³-hybridized carbons (Fsp3) is 0.0652. The van der Waals surface area contributed by atoms with Crippen LogP contribution in [0.1, 0.15) is 0 Å². The van der Waals surface area contributed by atoms with E-state index < -0.39 is 8.07 Å². The van der Waals surface area contributed by atoms with Gasteiger partial charge in [0.1, 0.15) is 11.2 Å². The lowest BCUT2D eigenvalue weighted by molar-refractivity contribution is 0.615. The van der Waals surface area contributed by atoms with Crippen LogP contribution in [0.25, 0.3) is 89.5 Å². The topological polar surface area (TPSA) is 65.0 Å². The second kappa shape index (κ2) is 12.7. The summed E-state index contributed by atoms with van der Waals surface area (Å²) in [6, 6.07) is 51.0. The van der Waals surface area contributed by atoms with Crippen LogP contribution in [-0.2, 0) is 0 Å². The van der Waals surface area contributed by atoms with Crippen LogP contribution in [0, 0.1) is 0 Å². The maximum absolute atomic E-state index is 5.60. The molecule has 9 rings (SSSR count). The van der Waals surface area contributed by atoms with E-state index in [1.54, 1.807) is 12.5 Å². The van der Waals surface area contributed by atoms with Crippen molar-refractivity contribution in [3.8, 4) is 67.5 Å². The zero-order valence-corrected chi connectivity index (χ0v) is 30.2. The molecule has 0 saturated carbocycles. The van der Waals surface area contributed by atoms with Crippen LogP contribution in [0.4, 0.5) is 0 Å². The molecule has 0 bridgehead atoms. The molecule has 0 aliphatic carbocycles. The van der Waals surface area contributed by atoms with E-state index in [0.717, 1.165) is 55.3 Å². The SMILES string of the molecule is C[Si](C)(C)c1ccc(-c2cccc(-c3cccc(-c4cccc(-c5nc(-c6ccc7occc7c6)nc(-c6ccc7occc7c6)n5)c4)c3)c2)cc1. The van der Waals surface area contributed by atoms with Crippen molar-refractivity contribution in [3.63, 3.8) is 0 Å². The molecule has 3 heterocycles. The van der Waals surface area contributed by atoms with Gasteiger partial charge in [0.25, 0.3) is 0 Å². The molecule has 0 aliphatic rings. The number of benzene rings is 6. The smallest absolute Gasteiger partial charge is 0.164 e. The Morgan fingerprint density at radius 1 is 0.365 bits per heavy atom. The van der Waals surface area contributed by atoms with E-state index in [-0.39, 0.29) is 0 Å². The minimum absolute atomic E-state index is 0.595. The highest BCUT2D eigenvalue weighted by Crippen LogP contribution is 2.33. The summed E-state index contributed by atoms with van der Waals surface area (Å²) in [6.45, 7) is 7.16. The number of nitrogens with zero attached hydrogens (tertiary/aromatic N) is 3. The van der Waals surface area contributed by atoms with Gasteiger partial charge in [0.15, 0.2) is 17.5 Å². The number of rotatable bonds is 7. The molecule has 0 atom stereocenters. The first-order valence-corrected chi connectivity index (χ1v) is 21.0. The maximum atomic E-state index is 5.60. The van der Waals surface area contributed by atoms with E-state index in [1.165, 1.54) is 21.9 Å². The molecule has 250 valence electrons. The van der Waals surface area contributed by atoms with Gasteiger partial charge in [-0.15, -0.1) is 0 Å². The number of fused-ring (bicyclic) bond motifs is 2. The second-order valence-electron chi connectivity index (χ2n) is 14.2. The van der Waals surface area contributed by atoms with Crippen molar-refractivity contribution in [1.82, 2.24) is 15.0 Å². The average Bonchev–Trinajstić information content (AvgIpc) is 3.87. The van der Waals surface area contributed by atoms with Gasteiger partial charge >= 0.3 is 0 Å². The Morgan fingerprint density at radius 3 is 1.17 bits per heavy atom. The van der Waals surface area contributed by atoms with Gasteiger partial charge in [-0.05, 0) is 100 Å². The summed E-state index contributed by atoms with van der Waals surface area (Å²) < 4.78 is 11.2. The van der Waals surface area contributed by atoms with E-state index in [0.29, 0.717) is 17.5 Å². The van der Waals surface area contributed by atoms with Gasteiger partial charge in [-0.1, -0.05) is 104 Å². The van der Waals surface area contributed by atoms with Gasteiger partial charge < -0.3 is 8.83 Å². The van der Waals surface area contributed by atoms with E-state index in [1.807, 2.05) is 36.4 Å². The molecule has 0 spiro atoms. The Hall–Kier alpha value is -6.37. The Kier molecular flexibility index (Phi) is 7.75. The minimum atomic E-state index is -1.35. The fourth-order valence-electron chi connectivity index (χ4n) is 6.73. The lowest BCUT2D eigenvalue weighted by Crippen LogP contribution is -2.37. The minimum Gasteiger partial charge on any atom is -0.464 e. The Balaban J connectivity index is 1.09. The Morgan fingerprint density at radius 2 is 0.731 bits per heavy atom. The van der Waals surface area contributed by atoms with E-state index >= 15 is 0 Å². The predicted octanol–water partition coefficient (Wildman–Crippen LogP) is 11.9. The summed E-state index contributed by atoms with van der Waals surface area (Å²) >= 11 is 0. The van der Waals surface area contributed by atoms with Gasteiger partial charge in [0.05, 0.1) is 20.6 Å². The van der Waals surface area contributed by atoms with Crippen LogP contribution >= 0.6 is 0 Å². The van der Waals surface area contributed by atoms with Gasteiger partial charge in [0, 0.05) is 27.5 Å². The molecule has 0 saturated heterocycles. The average molecular weight is 690 g/mol. The van der Waals surface area contributed by atoms with Crippen LogP contribution in [0.5, 0.6) is 0 Å². The Labute approximate surface area is 303 Å². The summed E-state index contributed by atoms with van der Waals surface area (Å²) in [5.41, 5.74) is 11.3. The van der Waals surface area contributed by atoms with Crippen molar-refractivity contribution in [2.45, 2.75) is 19.6 Å². The molecular formula is C46H35N3O2Si. The third kappa shape index (κ3) is 6.14. The highest BCUT2D eigenvalue weighted by molar-refractivity contribution is 6.88. The van der Waals surface area contributed by atoms with E-state index in [2.05, 4.69) is 129 Å². The molecular weight excluding hydrogens is 655 g/mol.